The molecule has 1 unspecified atom stereocenters. The summed E-state index contributed by atoms with van der Waals surface area (Å²) in [6.45, 7) is 12.7. The van der Waals surface area contributed by atoms with Crippen LogP contribution in [0.15, 0.2) is 29.3 Å². The van der Waals surface area contributed by atoms with Crippen molar-refractivity contribution in [3.05, 3.63) is 35.4 Å². The Morgan fingerprint density at radius 3 is 2.46 bits per heavy atom. The third kappa shape index (κ3) is 8.30. The molecule has 1 aromatic carbocycles. The average molecular weight is 390 g/mol. The number of likely N-dealkylation sites (N-methyl/N-ethyl adjacent to an activating group) is 1. The van der Waals surface area contributed by atoms with E-state index >= 15 is 0 Å². The van der Waals surface area contributed by atoms with Gasteiger partial charge in [0.15, 0.2) is 5.96 Å². The van der Waals surface area contributed by atoms with E-state index in [2.05, 4.69) is 53.5 Å². The van der Waals surface area contributed by atoms with Crippen LogP contribution in [-0.4, -0.2) is 63.1 Å². The lowest BCUT2D eigenvalue weighted by atomic mass is 10.0. The van der Waals surface area contributed by atoms with E-state index in [1.807, 2.05) is 24.3 Å². The molecule has 158 valence electrons. The first-order valence-electron chi connectivity index (χ1n) is 10.4. The van der Waals surface area contributed by atoms with Crippen LogP contribution >= 0.6 is 0 Å². The quantitative estimate of drug-likeness (QED) is 0.402. The molecule has 0 aliphatic carbocycles. The van der Waals surface area contributed by atoms with Gasteiger partial charge in [-0.2, -0.15) is 0 Å². The zero-order chi connectivity index (χ0) is 20.9. The maximum atomic E-state index is 11.8. The van der Waals surface area contributed by atoms with Crippen molar-refractivity contribution in [1.82, 2.24) is 20.9 Å². The first-order chi connectivity index (χ1) is 13.4. The van der Waals surface area contributed by atoms with Crippen molar-refractivity contribution in [3.63, 3.8) is 0 Å². The van der Waals surface area contributed by atoms with E-state index in [-0.39, 0.29) is 5.91 Å². The SMILES string of the molecule is CCN(CC)C(CNC(=NC)NCCc1cccc(C(=O)NC)c1)CC(C)C. The molecule has 1 aromatic rings. The van der Waals surface area contributed by atoms with Crippen LogP contribution in [0.3, 0.4) is 0 Å². The van der Waals surface area contributed by atoms with E-state index in [1.54, 1.807) is 14.1 Å². The summed E-state index contributed by atoms with van der Waals surface area (Å²) in [5.74, 6) is 1.43. The third-order valence-electron chi connectivity index (χ3n) is 4.92. The Morgan fingerprint density at radius 2 is 1.89 bits per heavy atom. The van der Waals surface area contributed by atoms with Crippen molar-refractivity contribution in [3.8, 4) is 0 Å². The highest BCUT2D eigenvalue weighted by atomic mass is 16.1. The highest BCUT2D eigenvalue weighted by Gasteiger charge is 2.17. The summed E-state index contributed by atoms with van der Waals surface area (Å²) in [6.07, 6.45) is 2.00. The summed E-state index contributed by atoms with van der Waals surface area (Å²) in [5, 5.41) is 9.53. The van der Waals surface area contributed by atoms with Gasteiger partial charge in [0.1, 0.15) is 0 Å². The van der Waals surface area contributed by atoms with Crippen molar-refractivity contribution in [2.45, 2.75) is 46.6 Å². The number of carbonyl (C=O) groups is 1. The third-order valence-corrected chi connectivity index (χ3v) is 4.92. The number of hydrogen-bond acceptors (Lipinski definition) is 3. The molecule has 6 nitrogen and oxygen atoms in total. The molecule has 0 saturated heterocycles. The first kappa shape index (κ1) is 24.0. The van der Waals surface area contributed by atoms with Gasteiger partial charge in [-0.1, -0.05) is 39.8 Å². The van der Waals surface area contributed by atoms with E-state index in [4.69, 9.17) is 0 Å². The van der Waals surface area contributed by atoms with Crippen LogP contribution in [0.5, 0.6) is 0 Å². The van der Waals surface area contributed by atoms with Crippen molar-refractivity contribution >= 4 is 11.9 Å². The molecule has 1 atom stereocenters. The molecule has 0 aromatic heterocycles. The molecule has 0 heterocycles. The number of aliphatic imine (C=N–C) groups is 1. The molecule has 0 fully saturated rings. The zero-order valence-corrected chi connectivity index (χ0v) is 18.5. The molecule has 0 spiro atoms. The Labute approximate surface area is 171 Å². The maximum Gasteiger partial charge on any atom is 0.251 e. The number of guanidine groups is 1. The van der Waals surface area contributed by atoms with E-state index in [0.29, 0.717) is 17.5 Å². The minimum Gasteiger partial charge on any atom is -0.356 e. The standard InChI is InChI=1S/C22H39N5O/c1-7-27(8-2)20(14-17(3)4)16-26-22(24-6)25-13-12-18-10-9-11-19(15-18)21(28)23-5/h9-11,15,17,20H,7-8,12-14,16H2,1-6H3,(H,23,28)(H2,24,25,26). The molecule has 0 aliphatic rings. The molecular formula is C22H39N5O. The van der Waals surface area contributed by atoms with Crippen molar-refractivity contribution in [2.75, 3.05) is 40.3 Å². The van der Waals surface area contributed by atoms with Crippen LogP contribution < -0.4 is 16.0 Å². The summed E-state index contributed by atoms with van der Waals surface area (Å²) in [7, 11) is 3.45. The minimum atomic E-state index is -0.0557. The summed E-state index contributed by atoms with van der Waals surface area (Å²) in [5.41, 5.74) is 1.82. The lowest BCUT2D eigenvalue weighted by molar-refractivity contribution is 0.0963. The second-order valence-electron chi connectivity index (χ2n) is 7.41. The van der Waals surface area contributed by atoms with Gasteiger partial charge >= 0.3 is 0 Å². The summed E-state index contributed by atoms with van der Waals surface area (Å²) in [6, 6.07) is 8.24. The number of carbonyl (C=O) groups excluding carboxylic acids is 1. The van der Waals surface area contributed by atoms with Crippen molar-refractivity contribution in [1.29, 1.82) is 0 Å². The molecule has 0 radical (unpaired) electrons. The van der Waals surface area contributed by atoms with Crippen LogP contribution in [0.2, 0.25) is 0 Å². The van der Waals surface area contributed by atoms with Crippen molar-refractivity contribution in [2.24, 2.45) is 10.9 Å². The number of nitrogens with one attached hydrogen (secondary N) is 3. The Kier molecular flexibility index (Phi) is 11.3. The number of benzene rings is 1. The van der Waals surface area contributed by atoms with Crippen LogP contribution in [0.25, 0.3) is 0 Å². The summed E-state index contributed by atoms with van der Waals surface area (Å²) >= 11 is 0. The topological polar surface area (TPSA) is 68.8 Å². The predicted octanol–water partition coefficient (Wildman–Crippen LogP) is 2.51. The van der Waals surface area contributed by atoms with Gasteiger partial charge in [0, 0.05) is 38.8 Å². The molecule has 0 saturated carbocycles. The lowest BCUT2D eigenvalue weighted by Crippen LogP contribution is -2.48. The van der Waals surface area contributed by atoms with E-state index < -0.39 is 0 Å². The maximum absolute atomic E-state index is 11.8. The Morgan fingerprint density at radius 1 is 1.18 bits per heavy atom. The molecule has 1 rings (SSSR count). The fourth-order valence-corrected chi connectivity index (χ4v) is 3.42. The van der Waals surface area contributed by atoms with Gasteiger partial charge in [-0.15, -0.1) is 0 Å². The lowest BCUT2D eigenvalue weighted by Gasteiger charge is -2.31. The highest BCUT2D eigenvalue weighted by Crippen LogP contribution is 2.11. The van der Waals surface area contributed by atoms with Crippen LogP contribution in [0, 0.1) is 5.92 Å². The van der Waals surface area contributed by atoms with Crippen LogP contribution in [0.4, 0.5) is 0 Å². The largest absolute Gasteiger partial charge is 0.356 e. The van der Waals surface area contributed by atoms with Gasteiger partial charge in [0.25, 0.3) is 5.91 Å². The number of rotatable bonds is 11. The first-order valence-corrected chi connectivity index (χ1v) is 10.4. The summed E-state index contributed by atoms with van der Waals surface area (Å²) < 4.78 is 0. The minimum absolute atomic E-state index is 0.0557. The van der Waals surface area contributed by atoms with Gasteiger partial charge in [0.05, 0.1) is 0 Å². The molecule has 1 amide bonds. The number of hydrogen-bond donors (Lipinski definition) is 3. The summed E-state index contributed by atoms with van der Waals surface area (Å²) in [4.78, 5) is 18.6. The van der Waals surface area contributed by atoms with E-state index in [1.165, 1.54) is 0 Å². The average Bonchev–Trinajstić information content (AvgIpc) is 2.70. The Hall–Kier alpha value is -2.08. The van der Waals surface area contributed by atoms with Gasteiger partial charge in [0.2, 0.25) is 0 Å². The fourth-order valence-electron chi connectivity index (χ4n) is 3.42. The van der Waals surface area contributed by atoms with E-state index in [0.717, 1.165) is 50.5 Å². The monoisotopic (exact) mass is 389 g/mol. The van der Waals surface area contributed by atoms with Crippen LogP contribution in [0.1, 0.15) is 50.0 Å². The molecule has 28 heavy (non-hydrogen) atoms. The molecule has 0 aliphatic heterocycles. The second kappa shape index (κ2) is 13.2. The Balaban J connectivity index is 2.55. The van der Waals surface area contributed by atoms with E-state index in [9.17, 15) is 4.79 Å². The molecule has 0 bridgehead atoms. The Bertz CT molecular complexity index is 611. The second-order valence-corrected chi connectivity index (χ2v) is 7.41. The normalized spacial score (nSPS) is 12.9. The molecule has 3 N–H and O–H groups in total. The highest BCUT2D eigenvalue weighted by molar-refractivity contribution is 5.94. The molecule has 6 heteroatoms. The zero-order valence-electron chi connectivity index (χ0n) is 18.5. The predicted molar refractivity (Wildman–Crippen MR) is 119 cm³/mol. The smallest absolute Gasteiger partial charge is 0.251 e. The number of nitrogens with zero attached hydrogens (tertiary/aromatic N) is 2. The fraction of sp³-hybridized carbons (Fsp3) is 0.636. The van der Waals surface area contributed by atoms with Gasteiger partial charge in [-0.25, -0.2) is 0 Å². The van der Waals surface area contributed by atoms with Gasteiger partial charge in [-0.3, -0.25) is 14.7 Å². The molecular weight excluding hydrogens is 350 g/mol. The number of amides is 1. The van der Waals surface area contributed by atoms with Crippen LogP contribution in [-0.2, 0) is 6.42 Å². The van der Waals surface area contributed by atoms with Gasteiger partial charge in [-0.05, 0) is 49.5 Å². The van der Waals surface area contributed by atoms with Crippen molar-refractivity contribution < 1.29 is 4.79 Å². The van der Waals surface area contributed by atoms with Gasteiger partial charge < -0.3 is 16.0 Å².